The van der Waals surface area contributed by atoms with Crippen LogP contribution in [0, 0.1) is 13.8 Å². The second kappa shape index (κ2) is 7.45. The summed E-state index contributed by atoms with van der Waals surface area (Å²) >= 11 is 7.55. The Kier molecular flexibility index (Phi) is 5.30. The van der Waals surface area contributed by atoms with Gasteiger partial charge in [0.15, 0.2) is 5.78 Å². The van der Waals surface area contributed by atoms with Crippen molar-refractivity contribution in [2.45, 2.75) is 26.0 Å². The van der Waals surface area contributed by atoms with E-state index in [1.165, 1.54) is 6.33 Å². The lowest BCUT2D eigenvalue weighted by Crippen LogP contribution is -2.07. The zero-order valence-electron chi connectivity index (χ0n) is 14.3. The highest BCUT2D eigenvalue weighted by Crippen LogP contribution is 2.30. The van der Waals surface area contributed by atoms with Crippen molar-refractivity contribution in [2.75, 3.05) is 5.75 Å². The molecule has 2 heterocycles. The summed E-state index contributed by atoms with van der Waals surface area (Å²) in [5.41, 5.74) is 3.71. The maximum absolute atomic E-state index is 12.7. The predicted octanol–water partition coefficient (Wildman–Crippen LogP) is 4.54. The minimum atomic E-state index is 0.115. The van der Waals surface area contributed by atoms with Crippen LogP contribution in [-0.4, -0.2) is 31.3 Å². The quantitative estimate of drug-likeness (QED) is 0.643. The molecule has 0 aliphatic carbocycles. The second-order valence-corrected chi connectivity index (χ2v) is 7.62. The van der Waals surface area contributed by atoms with E-state index in [4.69, 9.17) is 11.6 Å². The number of halogens is 1. The molecule has 0 radical (unpaired) electrons. The highest BCUT2D eigenvalue weighted by Gasteiger charge is 2.19. The normalized spacial score (nSPS) is 12.3. The molecule has 0 spiro atoms. The fourth-order valence-corrected chi connectivity index (χ4v) is 3.82. The largest absolute Gasteiger partial charge is 0.293 e. The van der Waals surface area contributed by atoms with Gasteiger partial charge in [-0.15, -0.1) is 11.8 Å². The number of nitrogens with one attached hydrogen (secondary N) is 1. The number of H-pyrrole nitrogens is 1. The molecule has 1 aromatic carbocycles. The maximum atomic E-state index is 12.7. The van der Waals surface area contributed by atoms with Crippen molar-refractivity contribution in [3.63, 3.8) is 0 Å². The first kappa shape index (κ1) is 17.8. The maximum Gasteiger partial charge on any atom is 0.229 e. The summed E-state index contributed by atoms with van der Waals surface area (Å²) in [6.07, 6.45) is 1.46. The van der Waals surface area contributed by atoms with Crippen LogP contribution in [0.25, 0.3) is 5.95 Å². The third-order valence-corrected chi connectivity index (χ3v) is 5.60. The number of Topliss-reactive ketones (excluding diaryl/α,β-unsaturated/α-hetero) is 1. The zero-order chi connectivity index (χ0) is 18.0. The van der Waals surface area contributed by atoms with Gasteiger partial charge in [-0.1, -0.05) is 23.7 Å². The Morgan fingerprint density at radius 2 is 2.04 bits per heavy atom. The van der Waals surface area contributed by atoms with E-state index in [2.05, 4.69) is 22.1 Å². The van der Waals surface area contributed by atoms with Crippen molar-refractivity contribution < 1.29 is 4.79 Å². The van der Waals surface area contributed by atoms with Gasteiger partial charge in [0.25, 0.3) is 0 Å². The van der Waals surface area contributed by atoms with E-state index in [1.54, 1.807) is 11.8 Å². The number of aromatic amines is 1. The van der Waals surface area contributed by atoms with Gasteiger partial charge in [0.1, 0.15) is 6.33 Å². The number of thioether (sulfide) groups is 1. The van der Waals surface area contributed by atoms with Crippen LogP contribution in [0.15, 0.2) is 36.7 Å². The van der Waals surface area contributed by atoms with Crippen LogP contribution >= 0.6 is 23.4 Å². The first-order valence-electron chi connectivity index (χ1n) is 7.92. The first-order chi connectivity index (χ1) is 12.0. The van der Waals surface area contributed by atoms with E-state index in [0.29, 0.717) is 11.7 Å². The molecule has 0 saturated heterocycles. The lowest BCUT2D eigenvalue weighted by molar-refractivity contribution is 0.102. The fourth-order valence-electron chi connectivity index (χ4n) is 2.79. The van der Waals surface area contributed by atoms with Gasteiger partial charge in [-0.25, -0.2) is 5.10 Å². The van der Waals surface area contributed by atoms with E-state index >= 15 is 0 Å². The van der Waals surface area contributed by atoms with E-state index in [-0.39, 0.29) is 11.0 Å². The number of hydrogen-bond donors (Lipinski definition) is 1. The number of rotatable bonds is 6. The molecular weight excluding hydrogens is 356 g/mol. The summed E-state index contributed by atoms with van der Waals surface area (Å²) in [6.45, 7) is 5.98. The summed E-state index contributed by atoms with van der Waals surface area (Å²) < 4.78 is 1.91. The standard InChI is InChI=1S/C18H19ClN4OS/c1-11-8-16(12(2)23(11)18-20-10-21-22-18)17(24)9-25-13(3)14-4-6-15(19)7-5-14/h4-8,10,13H,9H2,1-3H3,(H,20,21,22). The van der Waals surface area contributed by atoms with Crippen LogP contribution in [0.3, 0.4) is 0 Å². The number of hydrogen-bond acceptors (Lipinski definition) is 4. The molecule has 2 aromatic heterocycles. The van der Waals surface area contributed by atoms with Gasteiger partial charge in [-0.05, 0) is 44.5 Å². The van der Waals surface area contributed by atoms with Crippen LogP contribution in [-0.2, 0) is 0 Å². The van der Waals surface area contributed by atoms with Gasteiger partial charge >= 0.3 is 0 Å². The average molecular weight is 375 g/mol. The number of aryl methyl sites for hydroxylation is 1. The molecule has 1 unspecified atom stereocenters. The molecule has 0 amide bonds. The topological polar surface area (TPSA) is 63.6 Å². The lowest BCUT2D eigenvalue weighted by atomic mass is 10.2. The van der Waals surface area contributed by atoms with Gasteiger partial charge in [0.05, 0.1) is 5.75 Å². The molecule has 0 fully saturated rings. The highest BCUT2D eigenvalue weighted by molar-refractivity contribution is 8.00. The Morgan fingerprint density at radius 3 is 2.68 bits per heavy atom. The molecule has 25 heavy (non-hydrogen) atoms. The Balaban J connectivity index is 1.72. The van der Waals surface area contributed by atoms with Crippen LogP contribution < -0.4 is 0 Å². The molecule has 1 atom stereocenters. The number of aromatic nitrogens is 4. The molecule has 0 aliphatic heterocycles. The molecule has 7 heteroatoms. The molecule has 3 aromatic rings. The van der Waals surface area contributed by atoms with Crippen LogP contribution in [0.1, 0.15) is 39.5 Å². The van der Waals surface area contributed by atoms with E-state index in [9.17, 15) is 4.79 Å². The monoisotopic (exact) mass is 374 g/mol. The molecule has 0 saturated carbocycles. The van der Waals surface area contributed by atoms with Crippen LogP contribution in [0.5, 0.6) is 0 Å². The Labute approximate surface area is 155 Å². The Morgan fingerprint density at radius 1 is 1.32 bits per heavy atom. The average Bonchev–Trinajstić information content (AvgIpc) is 3.21. The summed E-state index contributed by atoms with van der Waals surface area (Å²) in [4.78, 5) is 16.9. The van der Waals surface area contributed by atoms with Gasteiger partial charge in [-0.2, -0.15) is 10.1 Å². The molecule has 5 nitrogen and oxygen atoms in total. The summed E-state index contributed by atoms with van der Waals surface area (Å²) in [5, 5.41) is 7.66. The van der Waals surface area contributed by atoms with Gasteiger partial charge in [-0.3, -0.25) is 9.36 Å². The SMILES string of the molecule is Cc1cc(C(=O)CSC(C)c2ccc(Cl)cc2)c(C)n1-c1ncn[nH]1. The number of benzene rings is 1. The number of carbonyl (C=O) groups is 1. The lowest BCUT2D eigenvalue weighted by Gasteiger charge is -2.11. The molecule has 130 valence electrons. The molecule has 3 rings (SSSR count). The third-order valence-electron chi connectivity index (χ3n) is 4.15. The van der Waals surface area contributed by atoms with Crippen LogP contribution in [0.2, 0.25) is 5.02 Å². The minimum Gasteiger partial charge on any atom is -0.293 e. The van der Waals surface area contributed by atoms with Crippen molar-refractivity contribution in [2.24, 2.45) is 0 Å². The van der Waals surface area contributed by atoms with Crippen molar-refractivity contribution in [1.29, 1.82) is 0 Å². The van der Waals surface area contributed by atoms with Crippen molar-refractivity contribution in [1.82, 2.24) is 19.7 Å². The van der Waals surface area contributed by atoms with Crippen molar-refractivity contribution in [3.8, 4) is 5.95 Å². The molecule has 0 aliphatic rings. The van der Waals surface area contributed by atoms with E-state index < -0.39 is 0 Å². The smallest absolute Gasteiger partial charge is 0.229 e. The first-order valence-corrected chi connectivity index (χ1v) is 9.35. The Hall–Kier alpha value is -2.05. The zero-order valence-corrected chi connectivity index (χ0v) is 15.9. The Bertz CT molecular complexity index is 871. The molecule has 1 N–H and O–H groups in total. The van der Waals surface area contributed by atoms with E-state index in [1.807, 2.05) is 48.7 Å². The van der Waals surface area contributed by atoms with Crippen LogP contribution in [0.4, 0.5) is 0 Å². The number of carbonyl (C=O) groups excluding carboxylic acids is 1. The minimum absolute atomic E-state index is 0.115. The van der Waals surface area contributed by atoms with E-state index in [0.717, 1.165) is 27.5 Å². The predicted molar refractivity (Wildman–Crippen MR) is 102 cm³/mol. The van der Waals surface area contributed by atoms with Gasteiger partial charge in [0, 0.05) is 27.2 Å². The molecule has 0 bridgehead atoms. The number of ketones is 1. The van der Waals surface area contributed by atoms with Gasteiger partial charge < -0.3 is 0 Å². The highest BCUT2D eigenvalue weighted by atomic mass is 35.5. The second-order valence-electron chi connectivity index (χ2n) is 5.86. The number of nitrogens with zero attached hydrogens (tertiary/aromatic N) is 3. The third kappa shape index (κ3) is 3.80. The summed E-state index contributed by atoms with van der Waals surface area (Å²) in [5.74, 6) is 1.16. The van der Waals surface area contributed by atoms with Gasteiger partial charge in [0.2, 0.25) is 5.95 Å². The van der Waals surface area contributed by atoms with Crippen molar-refractivity contribution in [3.05, 3.63) is 64.2 Å². The molecular formula is C18H19ClN4OS. The fraction of sp³-hybridized carbons (Fsp3) is 0.278. The van der Waals surface area contributed by atoms with Crippen molar-refractivity contribution >= 4 is 29.1 Å². The summed E-state index contributed by atoms with van der Waals surface area (Å²) in [6, 6.07) is 9.66. The summed E-state index contributed by atoms with van der Waals surface area (Å²) in [7, 11) is 0.